The van der Waals surface area contributed by atoms with E-state index >= 15 is 0 Å². The van der Waals surface area contributed by atoms with Crippen LogP contribution in [0.3, 0.4) is 0 Å². The van der Waals surface area contributed by atoms with Crippen LogP contribution in [-0.2, 0) is 4.79 Å². The van der Waals surface area contributed by atoms with Gasteiger partial charge >= 0.3 is 5.97 Å². The number of rotatable bonds is 3. The summed E-state index contributed by atoms with van der Waals surface area (Å²) in [6.07, 6.45) is 2.71. The minimum absolute atomic E-state index is 0.814. The highest BCUT2D eigenvalue weighted by atomic mass is 16.4. The van der Waals surface area contributed by atoms with Crippen molar-refractivity contribution in [3.05, 3.63) is 53.4 Å². The van der Waals surface area contributed by atoms with Crippen LogP contribution < -0.4 is 0 Å². The molecule has 1 aromatic carbocycles. The monoisotopic (exact) mass is 242 g/mol. The zero-order valence-corrected chi connectivity index (χ0v) is 10.3. The van der Waals surface area contributed by atoms with Crippen LogP contribution in [-0.4, -0.2) is 20.9 Å². The Morgan fingerprint density at radius 2 is 1.94 bits per heavy atom. The van der Waals surface area contributed by atoms with Crippen LogP contribution in [0.5, 0.6) is 0 Å². The first-order valence-corrected chi connectivity index (χ1v) is 5.62. The van der Waals surface area contributed by atoms with Crippen molar-refractivity contribution in [2.75, 3.05) is 0 Å². The summed E-state index contributed by atoms with van der Waals surface area (Å²) >= 11 is 0. The van der Waals surface area contributed by atoms with E-state index in [1.165, 1.54) is 0 Å². The molecule has 1 aromatic heterocycles. The summed E-state index contributed by atoms with van der Waals surface area (Å²) in [5.41, 5.74) is 3.55. The number of aliphatic carboxylic acids is 1. The second-order valence-electron chi connectivity index (χ2n) is 4.00. The minimum atomic E-state index is -0.957. The van der Waals surface area contributed by atoms with Crippen molar-refractivity contribution < 1.29 is 9.90 Å². The normalized spacial score (nSPS) is 11.0. The number of carboxylic acids is 1. The Labute approximate surface area is 105 Å². The molecule has 0 unspecified atom stereocenters. The number of aromatic nitrogens is 2. The molecular formula is C14H14N2O2. The van der Waals surface area contributed by atoms with Crippen molar-refractivity contribution in [3.8, 4) is 5.69 Å². The lowest BCUT2D eigenvalue weighted by atomic mass is 10.2. The van der Waals surface area contributed by atoms with E-state index < -0.39 is 5.97 Å². The standard InChI is InChI=1S/C14H14N2O2/c1-10-13(8-9-14(17)18)11(2)16(15-10)12-6-4-3-5-7-12/h3-9H,1-2H3,(H,17,18)/b9-8+. The molecule has 0 bridgehead atoms. The van der Waals surface area contributed by atoms with Gasteiger partial charge in [0.2, 0.25) is 0 Å². The summed E-state index contributed by atoms with van der Waals surface area (Å²) in [6, 6.07) is 9.76. The fraction of sp³-hybridized carbons (Fsp3) is 0.143. The number of aryl methyl sites for hydroxylation is 1. The second kappa shape index (κ2) is 4.87. The first kappa shape index (κ1) is 12.1. The van der Waals surface area contributed by atoms with Crippen molar-refractivity contribution in [3.63, 3.8) is 0 Å². The highest BCUT2D eigenvalue weighted by Crippen LogP contribution is 2.18. The Hall–Kier alpha value is -2.36. The topological polar surface area (TPSA) is 55.1 Å². The molecule has 0 aliphatic carbocycles. The predicted octanol–water partition coefficient (Wildman–Crippen LogP) is 2.59. The molecule has 0 saturated heterocycles. The predicted molar refractivity (Wildman–Crippen MR) is 69.7 cm³/mol. The van der Waals surface area contributed by atoms with E-state index in [-0.39, 0.29) is 0 Å². The van der Waals surface area contributed by atoms with Gasteiger partial charge in [-0.05, 0) is 32.1 Å². The lowest BCUT2D eigenvalue weighted by Crippen LogP contribution is -1.98. The molecule has 0 atom stereocenters. The van der Waals surface area contributed by atoms with E-state index in [1.54, 1.807) is 6.08 Å². The Balaban J connectivity index is 2.47. The van der Waals surface area contributed by atoms with E-state index in [9.17, 15) is 4.79 Å². The maximum atomic E-state index is 10.6. The maximum absolute atomic E-state index is 10.6. The Bertz CT molecular complexity index is 598. The Morgan fingerprint density at radius 3 is 2.56 bits per heavy atom. The number of carboxylic acid groups (broad SMARTS) is 1. The van der Waals surface area contributed by atoms with Gasteiger partial charge < -0.3 is 5.11 Å². The number of hydrogen-bond acceptors (Lipinski definition) is 2. The third-order valence-corrected chi connectivity index (χ3v) is 2.74. The van der Waals surface area contributed by atoms with Crippen molar-refractivity contribution in [1.29, 1.82) is 0 Å². The van der Waals surface area contributed by atoms with Gasteiger partial charge in [0.15, 0.2) is 0 Å². The van der Waals surface area contributed by atoms with Crippen LogP contribution in [0.1, 0.15) is 17.0 Å². The molecule has 4 heteroatoms. The zero-order chi connectivity index (χ0) is 13.1. The van der Waals surface area contributed by atoms with Gasteiger partial charge in [-0.2, -0.15) is 5.10 Å². The van der Waals surface area contributed by atoms with E-state index in [0.717, 1.165) is 28.7 Å². The van der Waals surface area contributed by atoms with Gasteiger partial charge in [-0.1, -0.05) is 18.2 Å². The van der Waals surface area contributed by atoms with Crippen molar-refractivity contribution in [2.45, 2.75) is 13.8 Å². The molecule has 0 radical (unpaired) electrons. The molecule has 92 valence electrons. The lowest BCUT2D eigenvalue weighted by Gasteiger charge is -2.03. The fourth-order valence-corrected chi connectivity index (χ4v) is 1.87. The summed E-state index contributed by atoms with van der Waals surface area (Å²) in [5, 5.41) is 13.1. The number of benzene rings is 1. The SMILES string of the molecule is Cc1nn(-c2ccccc2)c(C)c1/C=C/C(=O)O. The van der Waals surface area contributed by atoms with E-state index in [0.29, 0.717) is 0 Å². The summed E-state index contributed by atoms with van der Waals surface area (Å²) in [4.78, 5) is 10.6. The first-order chi connectivity index (χ1) is 8.59. The Morgan fingerprint density at radius 1 is 1.28 bits per heavy atom. The average molecular weight is 242 g/mol. The maximum Gasteiger partial charge on any atom is 0.328 e. The van der Waals surface area contributed by atoms with Crippen molar-refractivity contribution in [2.24, 2.45) is 0 Å². The van der Waals surface area contributed by atoms with Crippen LogP contribution in [0.4, 0.5) is 0 Å². The van der Waals surface area contributed by atoms with Crippen LogP contribution in [0.15, 0.2) is 36.4 Å². The summed E-state index contributed by atoms with van der Waals surface area (Å²) < 4.78 is 1.82. The van der Waals surface area contributed by atoms with Crippen LogP contribution in [0, 0.1) is 13.8 Å². The molecule has 0 aliphatic heterocycles. The van der Waals surface area contributed by atoms with E-state index in [4.69, 9.17) is 5.11 Å². The summed E-state index contributed by atoms with van der Waals surface area (Å²) in [7, 11) is 0. The number of para-hydroxylation sites is 1. The third kappa shape index (κ3) is 2.32. The fourth-order valence-electron chi connectivity index (χ4n) is 1.87. The first-order valence-electron chi connectivity index (χ1n) is 5.62. The van der Waals surface area contributed by atoms with E-state index in [1.807, 2.05) is 48.9 Å². The Kier molecular flexibility index (Phi) is 3.28. The smallest absolute Gasteiger partial charge is 0.328 e. The summed E-state index contributed by atoms with van der Waals surface area (Å²) in [5.74, 6) is -0.957. The molecule has 2 rings (SSSR count). The van der Waals surface area contributed by atoms with Gasteiger partial charge in [0.1, 0.15) is 0 Å². The van der Waals surface area contributed by atoms with Crippen LogP contribution in [0.2, 0.25) is 0 Å². The molecule has 1 N–H and O–H groups in total. The highest BCUT2D eigenvalue weighted by Gasteiger charge is 2.10. The number of hydrogen-bond donors (Lipinski definition) is 1. The minimum Gasteiger partial charge on any atom is -0.478 e. The van der Waals surface area contributed by atoms with Crippen molar-refractivity contribution >= 4 is 12.0 Å². The van der Waals surface area contributed by atoms with Gasteiger partial charge in [-0.15, -0.1) is 0 Å². The highest BCUT2D eigenvalue weighted by molar-refractivity contribution is 5.85. The van der Waals surface area contributed by atoms with Gasteiger partial charge in [-0.3, -0.25) is 0 Å². The second-order valence-corrected chi connectivity index (χ2v) is 4.00. The largest absolute Gasteiger partial charge is 0.478 e. The zero-order valence-electron chi connectivity index (χ0n) is 10.3. The molecule has 0 aliphatic rings. The van der Waals surface area contributed by atoms with Crippen LogP contribution >= 0.6 is 0 Å². The molecule has 1 heterocycles. The molecule has 4 nitrogen and oxygen atoms in total. The molecule has 18 heavy (non-hydrogen) atoms. The van der Waals surface area contributed by atoms with Gasteiger partial charge in [0.25, 0.3) is 0 Å². The third-order valence-electron chi connectivity index (χ3n) is 2.74. The molecule has 0 spiro atoms. The number of carbonyl (C=O) groups is 1. The molecule has 0 fully saturated rings. The molecule has 0 saturated carbocycles. The number of nitrogens with zero attached hydrogens (tertiary/aromatic N) is 2. The molecular weight excluding hydrogens is 228 g/mol. The van der Waals surface area contributed by atoms with Gasteiger partial charge in [0, 0.05) is 17.3 Å². The van der Waals surface area contributed by atoms with E-state index in [2.05, 4.69) is 5.10 Å². The summed E-state index contributed by atoms with van der Waals surface area (Å²) in [6.45, 7) is 3.79. The lowest BCUT2D eigenvalue weighted by molar-refractivity contribution is -0.131. The van der Waals surface area contributed by atoms with Crippen molar-refractivity contribution in [1.82, 2.24) is 9.78 Å². The quantitative estimate of drug-likeness (QED) is 0.842. The molecule has 2 aromatic rings. The van der Waals surface area contributed by atoms with Gasteiger partial charge in [-0.25, -0.2) is 9.48 Å². The molecule has 0 amide bonds. The van der Waals surface area contributed by atoms with Crippen LogP contribution in [0.25, 0.3) is 11.8 Å². The van der Waals surface area contributed by atoms with Gasteiger partial charge in [0.05, 0.1) is 11.4 Å². The average Bonchev–Trinajstić information content (AvgIpc) is 2.63.